The largest absolute Gasteiger partial charge is 0.354 e. The molecular formula is C12H14N4O3. The minimum absolute atomic E-state index is 0.0807. The van der Waals surface area contributed by atoms with Crippen LogP contribution in [0.5, 0.6) is 0 Å². The number of aromatic amines is 1. The third-order valence-electron chi connectivity index (χ3n) is 3.27. The van der Waals surface area contributed by atoms with Gasteiger partial charge in [-0.3, -0.25) is 14.4 Å². The number of hydrogen-bond acceptors (Lipinski definition) is 4. The van der Waals surface area contributed by atoms with Crippen molar-refractivity contribution in [1.29, 1.82) is 0 Å². The number of rotatable bonds is 3. The molecule has 3 N–H and O–H groups in total. The van der Waals surface area contributed by atoms with Crippen molar-refractivity contribution in [2.45, 2.75) is 31.2 Å². The monoisotopic (exact) mass is 262 g/mol. The van der Waals surface area contributed by atoms with E-state index >= 15 is 0 Å². The molecule has 7 nitrogen and oxygen atoms in total. The molecule has 0 bridgehead atoms. The second kappa shape index (κ2) is 4.49. The highest BCUT2D eigenvalue weighted by Crippen LogP contribution is 2.37. The van der Waals surface area contributed by atoms with E-state index in [9.17, 15) is 14.4 Å². The number of aromatic nitrogens is 2. The Morgan fingerprint density at radius 1 is 1.37 bits per heavy atom. The molecule has 7 heteroatoms. The van der Waals surface area contributed by atoms with Crippen LogP contribution >= 0.6 is 0 Å². The standard InChI is InChI=1S/C12H14N4O3/c17-9-3-7(5-13-9)14-12(19)8-4-10(18)16-11(15-8)6-1-2-6/h4,6-7H,1-3,5H2,(H,13,17)(H,14,19)(H,15,16,18). The Hall–Kier alpha value is -2.18. The normalized spacial score (nSPS) is 22.1. The molecule has 1 aliphatic heterocycles. The molecule has 1 unspecified atom stereocenters. The summed E-state index contributed by atoms with van der Waals surface area (Å²) in [4.78, 5) is 41.4. The Kier molecular flexibility index (Phi) is 2.81. The lowest BCUT2D eigenvalue weighted by Gasteiger charge is -2.10. The van der Waals surface area contributed by atoms with Gasteiger partial charge in [0.2, 0.25) is 5.91 Å². The molecule has 2 amide bonds. The zero-order valence-electron chi connectivity index (χ0n) is 10.2. The van der Waals surface area contributed by atoms with Crippen LogP contribution in [0.25, 0.3) is 0 Å². The predicted molar refractivity (Wildman–Crippen MR) is 65.7 cm³/mol. The number of H-pyrrole nitrogens is 1. The summed E-state index contributed by atoms with van der Waals surface area (Å²) in [5, 5.41) is 5.34. The highest BCUT2D eigenvalue weighted by atomic mass is 16.2. The zero-order valence-corrected chi connectivity index (χ0v) is 10.2. The summed E-state index contributed by atoms with van der Waals surface area (Å²) in [6.45, 7) is 0.420. The van der Waals surface area contributed by atoms with E-state index in [1.807, 2.05) is 0 Å². The SMILES string of the molecule is O=C1CC(NC(=O)c2cc(=O)[nH]c(C3CC3)n2)CN1. The van der Waals surface area contributed by atoms with E-state index in [-0.39, 0.29) is 35.5 Å². The van der Waals surface area contributed by atoms with Crippen molar-refractivity contribution in [3.05, 3.63) is 27.9 Å². The predicted octanol–water partition coefficient (Wildman–Crippen LogP) is -0.734. The van der Waals surface area contributed by atoms with Crippen LogP contribution in [0.3, 0.4) is 0 Å². The van der Waals surface area contributed by atoms with Gasteiger partial charge in [-0.25, -0.2) is 4.98 Å². The summed E-state index contributed by atoms with van der Waals surface area (Å²) < 4.78 is 0. The van der Waals surface area contributed by atoms with Crippen molar-refractivity contribution < 1.29 is 9.59 Å². The summed E-state index contributed by atoms with van der Waals surface area (Å²) in [7, 11) is 0. The molecule has 1 aromatic rings. The lowest BCUT2D eigenvalue weighted by molar-refractivity contribution is -0.119. The Morgan fingerprint density at radius 2 is 2.16 bits per heavy atom. The fourth-order valence-electron chi connectivity index (χ4n) is 2.11. The van der Waals surface area contributed by atoms with Gasteiger partial charge in [-0.05, 0) is 12.8 Å². The maximum absolute atomic E-state index is 12.0. The Bertz CT molecular complexity index is 591. The summed E-state index contributed by atoms with van der Waals surface area (Å²) in [5.74, 6) is 0.366. The number of amides is 2. The molecule has 0 aromatic carbocycles. The van der Waals surface area contributed by atoms with E-state index in [0.29, 0.717) is 12.4 Å². The molecule has 1 aliphatic carbocycles. The Morgan fingerprint density at radius 3 is 2.79 bits per heavy atom. The van der Waals surface area contributed by atoms with Crippen molar-refractivity contribution in [2.75, 3.05) is 6.54 Å². The quantitative estimate of drug-likeness (QED) is 0.667. The van der Waals surface area contributed by atoms with Crippen LogP contribution in [0.2, 0.25) is 0 Å². The van der Waals surface area contributed by atoms with Gasteiger partial charge >= 0.3 is 0 Å². The molecule has 0 radical (unpaired) electrons. The van der Waals surface area contributed by atoms with Crippen LogP contribution in [0.1, 0.15) is 41.5 Å². The van der Waals surface area contributed by atoms with Gasteiger partial charge in [0.25, 0.3) is 11.5 Å². The van der Waals surface area contributed by atoms with E-state index in [1.54, 1.807) is 0 Å². The van der Waals surface area contributed by atoms with Crippen LogP contribution in [0.15, 0.2) is 10.9 Å². The molecule has 2 fully saturated rings. The lowest BCUT2D eigenvalue weighted by Crippen LogP contribution is -2.37. The van der Waals surface area contributed by atoms with Gasteiger partial charge < -0.3 is 15.6 Å². The molecule has 3 rings (SSSR count). The van der Waals surface area contributed by atoms with Crippen molar-refractivity contribution in [3.63, 3.8) is 0 Å². The average Bonchev–Trinajstić information content (AvgIpc) is 3.13. The Labute approximate surface area is 108 Å². The molecule has 1 saturated heterocycles. The highest BCUT2D eigenvalue weighted by Gasteiger charge is 2.28. The van der Waals surface area contributed by atoms with E-state index in [2.05, 4.69) is 20.6 Å². The molecule has 100 valence electrons. The van der Waals surface area contributed by atoms with E-state index in [1.165, 1.54) is 6.07 Å². The van der Waals surface area contributed by atoms with Gasteiger partial charge in [-0.2, -0.15) is 0 Å². The second-order valence-electron chi connectivity index (χ2n) is 4.97. The third kappa shape index (κ3) is 2.64. The van der Waals surface area contributed by atoms with Crippen molar-refractivity contribution in [1.82, 2.24) is 20.6 Å². The number of carbonyl (C=O) groups is 2. The summed E-state index contributed by atoms with van der Waals surface area (Å²) in [6, 6.07) is 0.955. The van der Waals surface area contributed by atoms with Crippen LogP contribution in [0.4, 0.5) is 0 Å². The minimum Gasteiger partial charge on any atom is -0.354 e. The first-order valence-corrected chi connectivity index (χ1v) is 6.30. The van der Waals surface area contributed by atoms with Crippen LogP contribution < -0.4 is 16.2 Å². The van der Waals surface area contributed by atoms with E-state index in [0.717, 1.165) is 12.8 Å². The summed E-state index contributed by atoms with van der Waals surface area (Å²) in [5.41, 5.74) is -0.201. The fraction of sp³-hybridized carbons (Fsp3) is 0.500. The van der Waals surface area contributed by atoms with Crippen LogP contribution in [0, 0.1) is 0 Å². The van der Waals surface area contributed by atoms with E-state index in [4.69, 9.17) is 0 Å². The summed E-state index contributed by atoms with van der Waals surface area (Å²) in [6.07, 6.45) is 2.26. The first-order chi connectivity index (χ1) is 9.11. The Balaban J connectivity index is 1.75. The van der Waals surface area contributed by atoms with Gasteiger partial charge in [-0.15, -0.1) is 0 Å². The third-order valence-corrected chi connectivity index (χ3v) is 3.27. The second-order valence-corrected chi connectivity index (χ2v) is 4.97. The lowest BCUT2D eigenvalue weighted by atomic mass is 10.2. The van der Waals surface area contributed by atoms with Gasteiger partial charge in [0.05, 0.1) is 6.04 Å². The van der Waals surface area contributed by atoms with Gasteiger partial charge in [0, 0.05) is 24.9 Å². The van der Waals surface area contributed by atoms with Gasteiger partial charge in [-0.1, -0.05) is 0 Å². The van der Waals surface area contributed by atoms with Gasteiger partial charge in [0.1, 0.15) is 11.5 Å². The van der Waals surface area contributed by atoms with Crippen LogP contribution in [-0.4, -0.2) is 34.4 Å². The molecule has 1 saturated carbocycles. The number of hydrogen-bond donors (Lipinski definition) is 3. The number of nitrogens with one attached hydrogen (secondary N) is 3. The highest BCUT2D eigenvalue weighted by molar-refractivity contribution is 5.93. The smallest absolute Gasteiger partial charge is 0.270 e. The summed E-state index contributed by atoms with van der Waals surface area (Å²) >= 11 is 0. The zero-order chi connectivity index (χ0) is 13.4. The van der Waals surface area contributed by atoms with Crippen LogP contribution in [-0.2, 0) is 4.79 Å². The maximum atomic E-state index is 12.0. The molecule has 0 spiro atoms. The van der Waals surface area contributed by atoms with Gasteiger partial charge in [0.15, 0.2) is 0 Å². The maximum Gasteiger partial charge on any atom is 0.270 e. The average molecular weight is 262 g/mol. The molecule has 1 aromatic heterocycles. The van der Waals surface area contributed by atoms with E-state index < -0.39 is 5.91 Å². The van der Waals surface area contributed by atoms with Crippen molar-refractivity contribution >= 4 is 11.8 Å². The molecule has 19 heavy (non-hydrogen) atoms. The first kappa shape index (κ1) is 11.9. The topological polar surface area (TPSA) is 104 Å². The number of carbonyl (C=O) groups excluding carboxylic acids is 2. The van der Waals surface area contributed by atoms with Crippen molar-refractivity contribution in [3.8, 4) is 0 Å². The molecule has 1 atom stereocenters. The minimum atomic E-state index is -0.408. The molecule has 2 heterocycles. The molecule has 2 aliphatic rings. The first-order valence-electron chi connectivity index (χ1n) is 6.30. The fourth-order valence-corrected chi connectivity index (χ4v) is 2.11. The molecular weight excluding hydrogens is 248 g/mol. The number of nitrogens with zero attached hydrogens (tertiary/aromatic N) is 1. The van der Waals surface area contributed by atoms with Crippen molar-refractivity contribution in [2.24, 2.45) is 0 Å².